The van der Waals surface area contributed by atoms with E-state index >= 15 is 0 Å². The molecule has 1 aliphatic carbocycles. The maximum Gasteiger partial charge on any atom is 0.132 e. The van der Waals surface area contributed by atoms with E-state index < -0.39 is 0 Å². The molecule has 78 valence electrons. The fraction of sp³-hybridized carbons (Fsp3) is 0.667. The molecule has 1 aromatic rings. The summed E-state index contributed by atoms with van der Waals surface area (Å²) in [5.74, 6) is 2.15. The first-order valence-corrected chi connectivity index (χ1v) is 5.58. The first-order valence-electron chi connectivity index (χ1n) is 5.58. The predicted octanol–water partition coefficient (Wildman–Crippen LogP) is 3.07. The van der Waals surface area contributed by atoms with Crippen molar-refractivity contribution in [2.45, 2.75) is 45.1 Å². The summed E-state index contributed by atoms with van der Waals surface area (Å²) in [6.07, 6.45) is 5.31. The Morgan fingerprint density at radius 1 is 1.43 bits per heavy atom. The van der Waals surface area contributed by atoms with E-state index in [1.54, 1.807) is 0 Å². The molecule has 1 heterocycles. The number of aliphatic hydroxyl groups excluding tert-OH is 1. The normalized spacial score (nSPS) is 20.1. The van der Waals surface area contributed by atoms with Crippen LogP contribution in [0.3, 0.4) is 0 Å². The minimum atomic E-state index is -0.377. The second kappa shape index (κ2) is 4.18. The van der Waals surface area contributed by atoms with Gasteiger partial charge in [0.05, 0.1) is 0 Å². The lowest BCUT2D eigenvalue weighted by atomic mass is 9.99. The standard InChI is InChI=1S/C12H18O2/c1-2-10-7-8-11(14-10)12(13)9-5-3-4-6-9/h7-9,12-13H,2-6H2,1H3. The van der Waals surface area contributed by atoms with Crippen molar-refractivity contribution in [1.29, 1.82) is 0 Å². The number of furan rings is 1. The van der Waals surface area contributed by atoms with E-state index in [2.05, 4.69) is 6.92 Å². The molecular weight excluding hydrogens is 176 g/mol. The Labute approximate surface area is 84.9 Å². The highest BCUT2D eigenvalue weighted by Gasteiger charge is 2.26. The molecule has 0 spiro atoms. The quantitative estimate of drug-likeness (QED) is 0.802. The second-order valence-corrected chi connectivity index (χ2v) is 4.15. The van der Waals surface area contributed by atoms with Crippen molar-refractivity contribution in [1.82, 2.24) is 0 Å². The molecule has 0 radical (unpaired) electrons. The van der Waals surface area contributed by atoms with Crippen LogP contribution in [-0.4, -0.2) is 5.11 Å². The van der Waals surface area contributed by atoms with Crippen molar-refractivity contribution in [3.63, 3.8) is 0 Å². The van der Waals surface area contributed by atoms with Gasteiger partial charge in [-0.1, -0.05) is 19.8 Å². The van der Waals surface area contributed by atoms with Gasteiger partial charge in [-0.3, -0.25) is 0 Å². The maximum absolute atomic E-state index is 10.0. The van der Waals surface area contributed by atoms with Crippen LogP contribution < -0.4 is 0 Å². The Kier molecular flexibility index (Phi) is 2.92. The van der Waals surface area contributed by atoms with Crippen LogP contribution >= 0.6 is 0 Å². The van der Waals surface area contributed by atoms with Crippen molar-refractivity contribution in [3.8, 4) is 0 Å². The Morgan fingerprint density at radius 3 is 2.71 bits per heavy atom. The van der Waals surface area contributed by atoms with Crippen LogP contribution in [0.1, 0.15) is 50.2 Å². The SMILES string of the molecule is CCc1ccc(C(O)C2CCCC2)o1. The van der Waals surface area contributed by atoms with Crippen molar-refractivity contribution in [2.75, 3.05) is 0 Å². The molecule has 2 heteroatoms. The molecule has 1 atom stereocenters. The van der Waals surface area contributed by atoms with Gasteiger partial charge in [-0.05, 0) is 30.9 Å². The number of hydrogen-bond acceptors (Lipinski definition) is 2. The highest BCUT2D eigenvalue weighted by atomic mass is 16.4. The molecule has 0 aromatic carbocycles. The van der Waals surface area contributed by atoms with Crippen LogP contribution in [0, 0.1) is 5.92 Å². The third-order valence-corrected chi connectivity index (χ3v) is 3.17. The highest BCUT2D eigenvalue weighted by Crippen LogP contribution is 2.36. The van der Waals surface area contributed by atoms with Gasteiger partial charge in [0.1, 0.15) is 17.6 Å². The molecular formula is C12H18O2. The lowest BCUT2D eigenvalue weighted by molar-refractivity contribution is 0.0875. The van der Waals surface area contributed by atoms with Crippen LogP contribution in [0.2, 0.25) is 0 Å². The Morgan fingerprint density at radius 2 is 2.14 bits per heavy atom. The topological polar surface area (TPSA) is 33.4 Å². The van der Waals surface area contributed by atoms with Crippen LogP contribution in [0.4, 0.5) is 0 Å². The predicted molar refractivity (Wildman–Crippen MR) is 55.0 cm³/mol. The summed E-state index contributed by atoms with van der Waals surface area (Å²) in [5.41, 5.74) is 0. The molecule has 1 saturated carbocycles. The third kappa shape index (κ3) is 1.85. The summed E-state index contributed by atoms with van der Waals surface area (Å²) in [5, 5.41) is 10.0. The van der Waals surface area contributed by atoms with E-state index in [-0.39, 0.29) is 6.10 Å². The minimum absolute atomic E-state index is 0.377. The number of aryl methyl sites for hydroxylation is 1. The van der Waals surface area contributed by atoms with Gasteiger partial charge in [-0.15, -0.1) is 0 Å². The summed E-state index contributed by atoms with van der Waals surface area (Å²) >= 11 is 0. The first-order chi connectivity index (χ1) is 6.81. The largest absolute Gasteiger partial charge is 0.463 e. The summed E-state index contributed by atoms with van der Waals surface area (Å²) in [6, 6.07) is 3.88. The Balaban J connectivity index is 2.05. The molecule has 0 saturated heterocycles. The van der Waals surface area contributed by atoms with Crippen LogP contribution in [0.5, 0.6) is 0 Å². The number of aliphatic hydroxyl groups is 1. The van der Waals surface area contributed by atoms with E-state index in [1.807, 2.05) is 12.1 Å². The van der Waals surface area contributed by atoms with E-state index in [4.69, 9.17) is 4.42 Å². The third-order valence-electron chi connectivity index (χ3n) is 3.17. The van der Waals surface area contributed by atoms with Crippen molar-refractivity contribution < 1.29 is 9.52 Å². The zero-order valence-corrected chi connectivity index (χ0v) is 8.70. The molecule has 0 aliphatic heterocycles. The van der Waals surface area contributed by atoms with Crippen molar-refractivity contribution in [2.24, 2.45) is 5.92 Å². The van der Waals surface area contributed by atoms with Crippen LogP contribution in [0.25, 0.3) is 0 Å². The van der Waals surface area contributed by atoms with Crippen LogP contribution in [-0.2, 0) is 6.42 Å². The summed E-state index contributed by atoms with van der Waals surface area (Å²) in [7, 11) is 0. The van der Waals surface area contributed by atoms with Gasteiger partial charge >= 0.3 is 0 Å². The van der Waals surface area contributed by atoms with Gasteiger partial charge in [0.2, 0.25) is 0 Å². The lowest BCUT2D eigenvalue weighted by Gasteiger charge is -2.14. The lowest BCUT2D eigenvalue weighted by Crippen LogP contribution is -2.07. The van der Waals surface area contributed by atoms with Gasteiger partial charge in [-0.2, -0.15) is 0 Å². The summed E-state index contributed by atoms with van der Waals surface area (Å²) in [4.78, 5) is 0. The molecule has 1 N–H and O–H groups in total. The van der Waals surface area contributed by atoms with Crippen molar-refractivity contribution in [3.05, 3.63) is 23.7 Å². The van der Waals surface area contributed by atoms with Gasteiger partial charge in [0.15, 0.2) is 0 Å². The molecule has 14 heavy (non-hydrogen) atoms. The van der Waals surface area contributed by atoms with Crippen molar-refractivity contribution >= 4 is 0 Å². The molecule has 0 amide bonds. The highest BCUT2D eigenvalue weighted by molar-refractivity contribution is 5.10. The van der Waals surface area contributed by atoms with Gasteiger partial charge in [0.25, 0.3) is 0 Å². The number of rotatable bonds is 3. The Bertz CT molecular complexity index is 284. The van der Waals surface area contributed by atoms with Crippen LogP contribution in [0.15, 0.2) is 16.5 Å². The number of hydrogen-bond donors (Lipinski definition) is 1. The molecule has 0 bridgehead atoms. The van der Waals surface area contributed by atoms with E-state index in [1.165, 1.54) is 12.8 Å². The second-order valence-electron chi connectivity index (χ2n) is 4.15. The smallest absolute Gasteiger partial charge is 0.132 e. The molecule has 1 aliphatic rings. The van der Waals surface area contributed by atoms with Gasteiger partial charge < -0.3 is 9.52 Å². The molecule has 1 aromatic heterocycles. The van der Waals surface area contributed by atoms with Gasteiger partial charge in [-0.25, -0.2) is 0 Å². The molecule has 2 nitrogen and oxygen atoms in total. The average molecular weight is 194 g/mol. The Hall–Kier alpha value is -0.760. The monoisotopic (exact) mass is 194 g/mol. The zero-order chi connectivity index (χ0) is 9.97. The molecule has 1 unspecified atom stereocenters. The summed E-state index contributed by atoms with van der Waals surface area (Å²) in [6.45, 7) is 2.06. The zero-order valence-electron chi connectivity index (χ0n) is 8.70. The van der Waals surface area contributed by atoms with Gasteiger partial charge in [0, 0.05) is 6.42 Å². The fourth-order valence-corrected chi connectivity index (χ4v) is 2.25. The molecule has 2 rings (SSSR count). The first kappa shape index (κ1) is 9.78. The van der Waals surface area contributed by atoms with E-state index in [0.29, 0.717) is 5.92 Å². The maximum atomic E-state index is 10.0. The van der Waals surface area contributed by atoms with E-state index in [9.17, 15) is 5.11 Å². The summed E-state index contributed by atoms with van der Waals surface area (Å²) < 4.78 is 5.56. The van der Waals surface area contributed by atoms with E-state index in [0.717, 1.165) is 30.8 Å². The fourth-order valence-electron chi connectivity index (χ4n) is 2.25. The minimum Gasteiger partial charge on any atom is -0.463 e. The average Bonchev–Trinajstić information content (AvgIpc) is 2.88. The molecule has 1 fully saturated rings.